The van der Waals surface area contributed by atoms with Gasteiger partial charge < -0.3 is 14.7 Å². The van der Waals surface area contributed by atoms with Crippen molar-refractivity contribution in [1.82, 2.24) is 20.3 Å². The highest BCUT2D eigenvalue weighted by Crippen LogP contribution is 2.10. The highest BCUT2D eigenvalue weighted by Gasteiger charge is 2.17. The van der Waals surface area contributed by atoms with E-state index in [9.17, 15) is 0 Å². The van der Waals surface area contributed by atoms with Gasteiger partial charge in [-0.3, -0.25) is 4.90 Å². The molecule has 2 rings (SSSR count). The van der Waals surface area contributed by atoms with Gasteiger partial charge in [0.25, 0.3) is 0 Å². The van der Waals surface area contributed by atoms with Crippen molar-refractivity contribution in [3.63, 3.8) is 0 Å². The molecule has 0 atom stereocenters. The van der Waals surface area contributed by atoms with Crippen molar-refractivity contribution in [2.45, 2.75) is 46.3 Å². The molecule has 0 radical (unpaired) electrons. The maximum Gasteiger partial charge on any atom is 0.151 e. The zero-order valence-electron chi connectivity index (χ0n) is 13.1. The maximum absolute atomic E-state index is 5.43. The van der Waals surface area contributed by atoms with E-state index in [0.29, 0.717) is 6.04 Å². The summed E-state index contributed by atoms with van der Waals surface area (Å²) in [6.45, 7) is 14.0. The molecule has 5 nitrogen and oxygen atoms in total. The van der Waals surface area contributed by atoms with Gasteiger partial charge in [0.05, 0.1) is 12.2 Å². The van der Waals surface area contributed by atoms with Gasteiger partial charge in [-0.15, -0.1) is 0 Å². The molecule has 1 aromatic rings. The van der Waals surface area contributed by atoms with E-state index in [4.69, 9.17) is 4.52 Å². The lowest BCUT2D eigenvalue weighted by Gasteiger charge is -2.33. The molecule has 1 aliphatic heterocycles. The van der Waals surface area contributed by atoms with Gasteiger partial charge in [-0.25, -0.2) is 0 Å². The monoisotopic (exact) mass is 280 g/mol. The fourth-order valence-corrected chi connectivity index (χ4v) is 2.53. The zero-order chi connectivity index (χ0) is 14.4. The molecule has 1 aromatic heterocycles. The Balaban J connectivity index is 1.74. The van der Waals surface area contributed by atoms with Gasteiger partial charge in [0, 0.05) is 44.8 Å². The van der Waals surface area contributed by atoms with E-state index in [2.05, 4.69) is 47.1 Å². The third-order valence-electron chi connectivity index (χ3n) is 3.68. The molecule has 5 heteroatoms. The summed E-state index contributed by atoms with van der Waals surface area (Å²) >= 11 is 0. The van der Waals surface area contributed by atoms with Crippen LogP contribution in [0.5, 0.6) is 0 Å². The van der Waals surface area contributed by atoms with E-state index in [-0.39, 0.29) is 0 Å². The number of hydrogen-bond donors (Lipinski definition) is 1. The lowest BCUT2D eigenvalue weighted by Crippen LogP contribution is -2.45. The Bertz CT molecular complexity index is 383. The Kier molecular flexibility index (Phi) is 6.01. The molecular weight excluding hydrogens is 252 g/mol. The van der Waals surface area contributed by atoms with E-state index in [1.165, 1.54) is 26.1 Å². The van der Waals surface area contributed by atoms with E-state index < -0.39 is 0 Å². The van der Waals surface area contributed by atoms with Crippen LogP contribution in [-0.4, -0.2) is 53.7 Å². The van der Waals surface area contributed by atoms with Crippen molar-refractivity contribution < 1.29 is 4.52 Å². The van der Waals surface area contributed by atoms with Gasteiger partial charge in [0.2, 0.25) is 0 Å². The third kappa shape index (κ3) is 4.89. The van der Waals surface area contributed by atoms with Crippen molar-refractivity contribution in [3.8, 4) is 0 Å². The molecular formula is C15H28N4O. The molecule has 0 unspecified atom stereocenters. The fraction of sp³-hybridized carbons (Fsp3) is 0.800. The smallest absolute Gasteiger partial charge is 0.151 e. The summed E-state index contributed by atoms with van der Waals surface area (Å²) in [7, 11) is 0. The Hall–Kier alpha value is -0.910. The van der Waals surface area contributed by atoms with Crippen LogP contribution in [0, 0.1) is 0 Å². The summed E-state index contributed by atoms with van der Waals surface area (Å²) in [5.41, 5.74) is 0.998. The highest BCUT2D eigenvalue weighted by atomic mass is 16.5. The highest BCUT2D eigenvalue weighted by molar-refractivity contribution is 5.05. The Morgan fingerprint density at radius 2 is 1.95 bits per heavy atom. The summed E-state index contributed by atoms with van der Waals surface area (Å²) < 4.78 is 5.43. The molecule has 1 fully saturated rings. The van der Waals surface area contributed by atoms with Crippen molar-refractivity contribution in [2.24, 2.45) is 0 Å². The quantitative estimate of drug-likeness (QED) is 0.823. The number of nitrogens with zero attached hydrogens (tertiary/aromatic N) is 3. The molecule has 1 aliphatic rings. The predicted octanol–water partition coefficient (Wildman–Crippen LogP) is 1.70. The minimum Gasteiger partial charge on any atom is -0.360 e. The van der Waals surface area contributed by atoms with Gasteiger partial charge in [-0.1, -0.05) is 25.9 Å². The Morgan fingerprint density at radius 3 is 2.60 bits per heavy atom. The van der Waals surface area contributed by atoms with Gasteiger partial charge in [-0.05, 0) is 13.0 Å². The first-order valence-electron chi connectivity index (χ1n) is 7.80. The van der Waals surface area contributed by atoms with E-state index in [1.807, 2.05) is 0 Å². The van der Waals surface area contributed by atoms with Crippen LogP contribution < -0.4 is 5.32 Å². The zero-order valence-corrected chi connectivity index (χ0v) is 13.1. The SMILES string of the molecule is CCCN1CCN(Cc2cc(CNC(C)C)no2)CC1. The van der Waals surface area contributed by atoms with Crippen molar-refractivity contribution >= 4 is 0 Å². The average Bonchev–Trinajstić information content (AvgIpc) is 2.87. The Morgan fingerprint density at radius 1 is 1.25 bits per heavy atom. The lowest BCUT2D eigenvalue weighted by atomic mass is 10.2. The third-order valence-corrected chi connectivity index (χ3v) is 3.68. The summed E-state index contributed by atoms with van der Waals surface area (Å²) in [6, 6.07) is 2.55. The topological polar surface area (TPSA) is 44.5 Å². The average molecular weight is 280 g/mol. The van der Waals surface area contributed by atoms with Crippen LogP contribution in [0.3, 0.4) is 0 Å². The first-order valence-corrected chi connectivity index (χ1v) is 7.80. The van der Waals surface area contributed by atoms with Crippen LogP contribution in [-0.2, 0) is 13.1 Å². The van der Waals surface area contributed by atoms with E-state index >= 15 is 0 Å². The van der Waals surface area contributed by atoms with Gasteiger partial charge in [0.15, 0.2) is 5.76 Å². The van der Waals surface area contributed by atoms with Crippen molar-refractivity contribution in [2.75, 3.05) is 32.7 Å². The summed E-state index contributed by atoms with van der Waals surface area (Å²) in [5.74, 6) is 0.981. The second-order valence-electron chi connectivity index (χ2n) is 5.94. The fourth-order valence-electron chi connectivity index (χ4n) is 2.53. The minimum absolute atomic E-state index is 0.474. The largest absolute Gasteiger partial charge is 0.360 e. The first kappa shape index (κ1) is 15.5. The van der Waals surface area contributed by atoms with Crippen LogP contribution in [0.25, 0.3) is 0 Å². The summed E-state index contributed by atoms with van der Waals surface area (Å²) in [4.78, 5) is 4.99. The molecule has 1 N–H and O–H groups in total. The van der Waals surface area contributed by atoms with Crippen LogP contribution in [0.1, 0.15) is 38.6 Å². The van der Waals surface area contributed by atoms with Crippen LogP contribution >= 0.6 is 0 Å². The van der Waals surface area contributed by atoms with E-state index in [0.717, 1.165) is 37.6 Å². The minimum atomic E-state index is 0.474. The molecule has 20 heavy (non-hydrogen) atoms. The summed E-state index contributed by atoms with van der Waals surface area (Å²) in [5, 5.41) is 7.48. The predicted molar refractivity (Wildman–Crippen MR) is 80.5 cm³/mol. The van der Waals surface area contributed by atoms with Gasteiger partial charge in [-0.2, -0.15) is 0 Å². The molecule has 0 spiro atoms. The van der Waals surface area contributed by atoms with Crippen molar-refractivity contribution in [1.29, 1.82) is 0 Å². The van der Waals surface area contributed by atoms with Crippen LogP contribution in [0.15, 0.2) is 10.6 Å². The number of rotatable bonds is 7. The molecule has 1 saturated heterocycles. The van der Waals surface area contributed by atoms with Crippen molar-refractivity contribution in [3.05, 3.63) is 17.5 Å². The molecule has 2 heterocycles. The number of aromatic nitrogens is 1. The van der Waals surface area contributed by atoms with Gasteiger partial charge in [0.1, 0.15) is 0 Å². The number of nitrogens with one attached hydrogen (secondary N) is 1. The maximum atomic E-state index is 5.43. The number of piperazine rings is 1. The second kappa shape index (κ2) is 7.76. The molecule has 0 saturated carbocycles. The molecule has 0 bridgehead atoms. The van der Waals surface area contributed by atoms with Crippen LogP contribution in [0.2, 0.25) is 0 Å². The second-order valence-corrected chi connectivity index (χ2v) is 5.94. The van der Waals surface area contributed by atoms with Gasteiger partial charge >= 0.3 is 0 Å². The summed E-state index contributed by atoms with van der Waals surface area (Å²) in [6.07, 6.45) is 1.24. The first-order chi connectivity index (χ1) is 9.67. The van der Waals surface area contributed by atoms with Crippen LogP contribution in [0.4, 0.5) is 0 Å². The molecule has 0 aliphatic carbocycles. The standard InChI is InChI=1S/C15H28N4O/c1-4-5-18-6-8-19(9-7-18)12-15-10-14(17-20-15)11-16-13(2)3/h10,13,16H,4-9,11-12H2,1-3H3. The lowest BCUT2D eigenvalue weighted by molar-refractivity contribution is 0.118. The molecule has 114 valence electrons. The van der Waals surface area contributed by atoms with E-state index in [1.54, 1.807) is 0 Å². The number of hydrogen-bond acceptors (Lipinski definition) is 5. The molecule has 0 amide bonds. The Labute approximate surface area is 122 Å². The molecule has 0 aromatic carbocycles. The normalized spacial score (nSPS) is 18.0.